The maximum absolute atomic E-state index is 11.6. The molecule has 0 amide bonds. The Morgan fingerprint density at radius 3 is 2.74 bits per heavy atom. The molecule has 0 aliphatic rings. The van der Waals surface area contributed by atoms with Gasteiger partial charge in [0.25, 0.3) is 0 Å². The summed E-state index contributed by atoms with van der Waals surface area (Å²) in [5, 5.41) is 7.37. The van der Waals surface area contributed by atoms with E-state index in [1.807, 2.05) is 30.5 Å². The fourth-order valence-corrected chi connectivity index (χ4v) is 2.80. The zero-order valence-electron chi connectivity index (χ0n) is 15.7. The summed E-state index contributed by atoms with van der Waals surface area (Å²) in [6.45, 7) is 5.13. The van der Waals surface area contributed by atoms with E-state index >= 15 is 0 Å². The fourth-order valence-electron chi connectivity index (χ4n) is 2.59. The molecule has 0 aliphatic carbocycles. The largest absolute Gasteiger partial charge is 0.357 e. The van der Waals surface area contributed by atoms with Gasteiger partial charge in [0.05, 0.1) is 0 Å². The number of aryl methyl sites for hydroxylation is 1. The van der Waals surface area contributed by atoms with E-state index in [0.29, 0.717) is 0 Å². The number of unbranched alkanes of at least 4 members (excludes halogenated alkanes) is 1. The van der Waals surface area contributed by atoms with Crippen molar-refractivity contribution in [2.75, 3.05) is 19.6 Å². The van der Waals surface area contributed by atoms with Crippen LogP contribution in [0.1, 0.15) is 25.3 Å². The molecule has 0 radical (unpaired) electrons. The maximum Gasteiger partial charge on any atom is 0.250 e. The summed E-state index contributed by atoms with van der Waals surface area (Å²) < 4.78 is 1.73. The van der Waals surface area contributed by atoms with Gasteiger partial charge in [0.2, 0.25) is 5.56 Å². The number of rotatable bonds is 9. The number of hydrogen-bond acceptors (Lipinski definition) is 2. The molecule has 2 rings (SSSR count). The second-order valence-corrected chi connectivity index (χ2v) is 6.44. The van der Waals surface area contributed by atoms with Crippen molar-refractivity contribution >= 4 is 41.5 Å². The van der Waals surface area contributed by atoms with Crippen LogP contribution in [0.5, 0.6) is 0 Å². The van der Waals surface area contributed by atoms with Crippen molar-refractivity contribution in [2.24, 2.45) is 4.99 Å². The van der Waals surface area contributed by atoms with Crippen LogP contribution < -0.4 is 16.2 Å². The van der Waals surface area contributed by atoms with Crippen LogP contribution >= 0.6 is 35.6 Å². The molecule has 0 atom stereocenters. The Balaban J connectivity index is 0.00000364. The third-order valence-electron chi connectivity index (χ3n) is 3.92. The van der Waals surface area contributed by atoms with Gasteiger partial charge in [-0.05, 0) is 49.9 Å². The van der Waals surface area contributed by atoms with Gasteiger partial charge in [0, 0.05) is 43.5 Å². The standard InChI is InChI=1S/C20H27ClN4O.HI/c1-2-22-20(24-13-11-17-8-7-9-18(21)16-17)23-12-4-6-15-25-14-5-3-10-19(25)26;/h3,5,7-10,14,16H,2,4,6,11-13,15H2,1H3,(H2,22,23,24);1H. The van der Waals surface area contributed by atoms with Gasteiger partial charge in [0.1, 0.15) is 0 Å². The molecule has 7 heteroatoms. The zero-order valence-corrected chi connectivity index (χ0v) is 18.7. The van der Waals surface area contributed by atoms with E-state index in [-0.39, 0.29) is 29.5 Å². The maximum atomic E-state index is 11.6. The predicted molar refractivity (Wildman–Crippen MR) is 124 cm³/mol. The number of pyridine rings is 1. The van der Waals surface area contributed by atoms with E-state index in [1.54, 1.807) is 16.7 Å². The zero-order chi connectivity index (χ0) is 18.6. The van der Waals surface area contributed by atoms with Crippen molar-refractivity contribution in [2.45, 2.75) is 32.7 Å². The van der Waals surface area contributed by atoms with Gasteiger partial charge in [-0.3, -0.25) is 9.79 Å². The summed E-state index contributed by atoms with van der Waals surface area (Å²) in [6.07, 6.45) is 4.58. The molecule has 0 spiro atoms. The van der Waals surface area contributed by atoms with Crippen LogP contribution in [0.4, 0.5) is 0 Å². The number of nitrogens with zero attached hydrogens (tertiary/aromatic N) is 2. The highest BCUT2D eigenvalue weighted by atomic mass is 127. The number of aromatic nitrogens is 1. The van der Waals surface area contributed by atoms with E-state index in [0.717, 1.165) is 56.4 Å². The molecule has 5 nitrogen and oxygen atoms in total. The minimum atomic E-state index is 0. The molecule has 0 fully saturated rings. The van der Waals surface area contributed by atoms with E-state index in [4.69, 9.17) is 11.6 Å². The molecule has 2 aromatic rings. The number of halogens is 2. The molecule has 0 saturated carbocycles. The quantitative estimate of drug-likeness (QED) is 0.238. The average molecular weight is 503 g/mol. The molecule has 1 heterocycles. The van der Waals surface area contributed by atoms with Crippen LogP contribution in [0.3, 0.4) is 0 Å². The number of hydrogen-bond donors (Lipinski definition) is 2. The molecule has 27 heavy (non-hydrogen) atoms. The Labute approximate surface area is 183 Å². The fraction of sp³-hybridized carbons (Fsp3) is 0.400. The van der Waals surface area contributed by atoms with Gasteiger partial charge in [-0.2, -0.15) is 0 Å². The second kappa shape index (κ2) is 13.6. The van der Waals surface area contributed by atoms with Crippen LogP contribution in [0.15, 0.2) is 58.4 Å². The topological polar surface area (TPSA) is 58.4 Å². The normalized spacial score (nSPS) is 11.0. The summed E-state index contributed by atoms with van der Waals surface area (Å²) in [5.74, 6) is 0.825. The SMILES string of the molecule is CCNC(=NCCCCn1ccccc1=O)NCCc1cccc(Cl)c1.I. The van der Waals surface area contributed by atoms with Crippen molar-refractivity contribution in [3.63, 3.8) is 0 Å². The predicted octanol–water partition coefficient (Wildman–Crippen LogP) is 3.70. The highest BCUT2D eigenvalue weighted by Gasteiger charge is 1.99. The van der Waals surface area contributed by atoms with Crippen LogP contribution in [-0.2, 0) is 13.0 Å². The molecule has 0 saturated heterocycles. The smallest absolute Gasteiger partial charge is 0.250 e. The average Bonchev–Trinajstić information content (AvgIpc) is 2.63. The monoisotopic (exact) mass is 502 g/mol. The van der Waals surface area contributed by atoms with Crippen LogP contribution in [0.25, 0.3) is 0 Å². The van der Waals surface area contributed by atoms with E-state index in [9.17, 15) is 4.79 Å². The first-order valence-electron chi connectivity index (χ1n) is 9.11. The number of benzene rings is 1. The first-order chi connectivity index (χ1) is 12.7. The second-order valence-electron chi connectivity index (χ2n) is 6.01. The lowest BCUT2D eigenvalue weighted by Crippen LogP contribution is -2.38. The third-order valence-corrected chi connectivity index (χ3v) is 4.15. The van der Waals surface area contributed by atoms with Crippen LogP contribution in [0, 0.1) is 0 Å². The summed E-state index contributed by atoms with van der Waals surface area (Å²) in [5.41, 5.74) is 1.25. The van der Waals surface area contributed by atoms with Crippen molar-refractivity contribution < 1.29 is 0 Å². The molecule has 2 N–H and O–H groups in total. The van der Waals surface area contributed by atoms with Crippen molar-refractivity contribution in [3.05, 3.63) is 69.6 Å². The van der Waals surface area contributed by atoms with Crippen LogP contribution in [0.2, 0.25) is 5.02 Å². The van der Waals surface area contributed by atoms with E-state index < -0.39 is 0 Å². The molecule has 1 aromatic carbocycles. The van der Waals surface area contributed by atoms with E-state index in [2.05, 4.69) is 28.6 Å². The molecule has 148 valence electrons. The Kier molecular flexibility index (Phi) is 11.8. The Hall–Kier alpha value is -1.54. The molecule has 0 bridgehead atoms. The lowest BCUT2D eigenvalue weighted by molar-refractivity contribution is 0.597. The van der Waals surface area contributed by atoms with Gasteiger partial charge in [-0.25, -0.2) is 0 Å². The summed E-state index contributed by atoms with van der Waals surface area (Å²) >= 11 is 6.01. The number of aliphatic imine (C=N–C) groups is 1. The molecule has 0 unspecified atom stereocenters. The van der Waals surface area contributed by atoms with Crippen molar-refractivity contribution in [3.8, 4) is 0 Å². The van der Waals surface area contributed by atoms with Crippen molar-refractivity contribution in [1.29, 1.82) is 0 Å². The van der Waals surface area contributed by atoms with E-state index in [1.165, 1.54) is 5.56 Å². The molecule has 0 aliphatic heterocycles. The molecular weight excluding hydrogens is 475 g/mol. The minimum Gasteiger partial charge on any atom is -0.357 e. The Morgan fingerprint density at radius 2 is 2.00 bits per heavy atom. The highest BCUT2D eigenvalue weighted by molar-refractivity contribution is 14.0. The van der Waals surface area contributed by atoms with Gasteiger partial charge in [0.15, 0.2) is 5.96 Å². The van der Waals surface area contributed by atoms with Gasteiger partial charge in [-0.15, -0.1) is 24.0 Å². The van der Waals surface area contributed by atoms with Gasteiger partial charge < -0.3 is 15.2 Å². The summed E-state index contributed by atoms with van der Waals surface area (Å²) in [7, 11) is 0. The third kappa shape index (κ3) is 9.28. The minimum absolute atomic E-state index is 0. The van der Waals surface area contributed by atoms with Gasteiger partial charge >= 0.3 is 0 Å². The Morgan fingerprint density at radius 1 is 1.15 bits per heavy atom. The lowest BCUT2D eigenvalue weighted by atomic mass is 10.1. The van der Waals surface area contributed by atoms with Gasteiger partial charge in [-0.1, -0.05) is 29.8 Å². The first-order valence-corrected chi connectivity index (χ1v) is 9.49. The summed E-state index contributed by atoms with van der Waals surface area (Å²) in [6, 6.07) is 13.1. The number of nitrogens with one attached hydrogen (secondary N) is 2. The summed E-state index contributed by atoms with van der Waals surface area (Å²) in [4.78, 5) is 16.2. The molecule has 1 aromatic heterocycles. The highest BCUT2D eigenvalue weighted by Crippen LogP contribution is 2.10. The Bertz CT molecular complexity index is 763. The van der Waals surface area contributed by atoms with Crippen molar-refractivity contribution in [1.82, 2.24) is 15.2 Å². The lowest BCUT2D eigenvalue weighted by Gasteiger charge is -2.11. The van der Waals surface area contributed by atoms with Crippen LogP contribution in [-0.4, -0.2) is 30.2 Å². The first kappa shape index (κ1) is 23.5. The number of guanidine groups is 1. The molecular formula is C20H28ClIN4O.